The number of anilines is 1. The van der Waals surface area contributed by atoms with Gasteiger partial charge in [-0.15, -0.1) is 0 Å². The minimum absolute atomic E-state index is 0.210. The molecule has 116 valence electrons. The van der Waals surface area contributed by atoms with Gasteiger partial charge in [-0.1, -0.05) is 0 Å². The molecule has 0 aliphatic heterocycles. The van der Waals surface area contributed by atoms with E-state index in [0.717, 1.165) is 6.54 Å². The van der Waals surface area contributed by atoms with E-state index in [1.54, 1.807) is 7.11 Å². The summed E-state index contributed by atoms with van der Waals surface area (Å²) in [5.74, 6) is 0.511. The van der Waals surface area contributed by atoms with Crippen molar-refractivity contribution in [1.29, 1.82) is 0 Å². The van der Waals surface area contributed by atoms with Crippen LogP contribution in [-0.2, 0) is 9.53 Å². The SMILES string of the molecule is COCCOc1ccc(F)cc1NC(=O)CNCC1CC1. The molecule has 1 fully saturated rings. The first-order valence-electron chi connectivity index (χ1n) is 7.11. The van der Waals surface area contributed by atoms with Gasteiger partial charge >= 0.3 is 0 Å². The fourth-order valence-electron chi connectivity index (χ4n) is 1.87. The summed E-state index contributed by atoms with van der Waals surface area (Å²) in [4.78, 5) is 11.8. The maximum atomic E-state index is 13.3. The van der Waals surface area contributed by atoms with Crippen LogP contribution >= 0.6 is 0 Å². The van der Waals surface area contributed by atoms with Gasteiger partial charge in [0.05, 0.1) is 18.8 Å². The van der Waals surface area contributed by atoms with Crippen LogP contribution in [0.2, 0.25) is 0 Å². The van der Waals surface area contributed by atoms with E-state index in [9.17, 15) is 9.18 Å². The second kappa shape index (κ2) is 7.95. The Morgan fingerprint density at radius 2 is 2.19 bits per heavy atom. The summed E-state index contributed by atoms with van der Waals surface area (Å²) in [6.07, 6.45) is 2.46. The molecule has 0 saturated heterocycles. The highest BCUT2D eigenvalue weighted by Crippen LogP contribution is 2.27. The third-order valence-corrected chi connectivity index (χ3v) is 3.18. The zero-order valence-corrected chi connectivity index (χ0v) is 12.2. The molecule has 1 aromatic rings. The molecule has 0 aromatic heterocycles. The fraction of sp³-hybridized carbons (Fsp3) is 0.533. The number of methoxy groups -OCH3 is 1. The van der Waals surface area contributed by atoms with Gasteiger partial charge in [0.15, 0.2) is 0 Å². The maximum Gasteiger partial charge on any atom is 0.238 e. The third kappa shape index (κ3) is 5.69. The van der Waals surface area contributed by atoms with Gasteiger partial charge in [0.1, 0.15) is 18.2 Å². The number of rotatable bonds is 9. The number of carbonyl (C=O) groups excluding carboxylic acids is 1. The van der Waals surface area contributed by atoms with E-state index in [1.807, 2.05) is 0 Å². The van der Waals surface area contributed by atoms with Gasteiger partial charge in [0.2, 0.25) is 5.91 Å². The first-order valence-corrected chi connectivity index (χ1v) is 7.11. The summed E-state index contributed by atoms with van der Waals surface area (Å²) in [5, 5.41) is 5.75. The van der Waals surface area contributed by atoms with Crippen LogP contribution in [0.15, 0.2) is 18.2 Å². The number of ether oxygens (including phenoxy) is 2. The summed E-state index contributed by atoms with van der Waals surface area (Å²) in [6.45, 7) is 1.83. The second-order valence-electron chi connectivity index (χ2n) is 5.10. The van der Waals surface area contributed by atoms with Crippen LogP contribution in [0.1, 0.15) is 12.8 Å². The van der Waals surface area contributed by atoms with Crippen LogP contribution < -0.4 is 15.4 Å². The Hall–Kier alpha value is -1.66. The molecule has 2 rings (SSSR count). The van der Waals surface area contributed by atoms with Gasteiger partial charge in [-0.3, -0.25) is 4.79 Å². The minimum atomic E-state index is -0.421. The smallest absolute Gasteiger partial charge is 0.238 e. The molecule has 0 unspecified atom stereocenters. The molecular weight excluding hydrogens is 275 g/mol. The minimum Gasteiger partial charge on any atom is -0.489 e. The van der Waals surface area contributed by atoms with E-state index in [2.05, 4.69) is 10.6 Å². The number of benzene rings is 1. The average Bonchev–Trinajstić information content (AvgIpc) is 3.25. The molecule has 1 aliphatic carbocycles. The molecule has 0 radical (unpaired) electrons. The topological polar surface area (TPSA) is 59.6 Å². The molecule has 0 bridgehead atoms. The van der Waals surface area contributed by atoms with Crippen molar-refractivity contribution >= 4 is 11.6 Å². The van der Waals surface area contributed by atoms with Crippen molar-refractivity contribution < 1.29 is 18.7 Å². The molecule has 1 amide bonds. The van der Waals surface area contributed by atoms with Crippen molar-refractivity contribution in [2.24, 2.45) is 5.92 Å². The molecule has 1 saturated carbocycles. The van der Waals surface area contributed by atoms with Crippen LogP contribution in [0.4, 0.5) is 10.1 Å². The molecule has 1 aliphatic rings. The lowest BCUT2D eigenvalue weighted by molar-refractivity contribution is -0.115. The van der Waals surface area contributed by atoms with Crippen LogP contribution in [0.25, 0.3) is 0 Å². The van der Waals surface area contributed by atoms with Gasteiger partial charge in [0, 0.05) is 13.2 Å². The molecule has 6 heteroatoms. The highest BCUT2D eigenvalue weighted by atomic mass is 19.1. The number of hydrogen-bond acceptors (Lipinski definition) is 4. The molecule has 0 spiro atoms. The van der Waals surface area contributed by atoms with Gasteiger partial charge in [0.25, 0.3) is 0 Å². The standard InChI is InChI=1S/C15H21FN2O3/c1-20-6-7-21-14-5-4-12(16)8-13(14)18-15(19)10-17-9-11-2-3-11/h4-5,8,11,17H,2-3,6-7,9-10H2,1H3,(H,18,19). The Kier molecular flexibility index (Phi) is 5.95. The maximum absolute atomic E-state index is 13.3. The van der Waals surface area contributed by atoms with Crippen molar-refractivity contribution in [2.45, 2.75) is 12.8 Å². The van der Waals surface area contributed by atoms with Crippen molar-refractivity contribution in [3.63, 3.8) is 0 Å². The van der Waals surface area contributed by atoms with Crippen LogP contribution in [-0.4, -0.2) is 39.3 Å². The van der Waals surface area contributed by atoms with Crippen molar-refractivity contribution in [3.05, 3.63) is 24.0 Å². The highest BCUT2D eigenvalue weighted by Gasteiger charge is 2.20. The number of halogens is 1. The monoisotopic (exact) mass is 296 g/mol. The summed E-state index contributed by atoms with van der Waals surface area (Å²) in [7, 11) is 1.57. The van der Waals surface area contributed by atoms with Crippen molar-refractivity contribution in [3.8, 4) is 5.75 Å². The number of carbonyl (C=O) groups is 1. The Morgan fingerprint density at radius 3 is 2.90 bits per heavy atom. The first-order chi connectivity index (χ1) is 10.2. The van der Waals surface area contributed by atoms with Crippen molar-refractivity contribution in [1.82, 2.24) is 5.32 Å². The lowest BCUT2D eigenvalue weighted by atomic mass is 10.2. The van der Waals surface area contributed by atoms with Gasteiger partial charge in [-0.2, -0.15) is 0 Å². The Labute approximate surface area is 123 Å². The molecule has 5 nitrogen and oxygen atoms in total. The highest BCUT2D eigenvalue weighted by molar-refractivity contribution is 5.93. The average molecular weight is 296 g/mol. The molecule has 21 heavy (non-hydrogen) atoms. The molecule has 2 N–H and O–H groups in total. The summed E-state index contributed by atoms with van der Waals surface area (Å²) in [6, 6.07) is 4.04. The third-order valence-electron chi connectivity index (χ3n) is 3.18. The van der Waals surface area contributed by atoms with Crippen LogP contribution in [0.5, 0.6) is 5.75 Å². The van der Waals surface area contributed by atoms with Gasteiger partial charge < -0.3 is 20.1 Å². The van der Waals surface area contributed by atoms with Gasteiger partial charge in [-0.05, 0) is 37.4 Å². The fourth-order valence-corrected chi connectivity index (χ4v) is 1.87. The number of amides is 1. The van der Waals surface area contributed by atoms with Gasteiger partial charge in [-0.25, -0.2) is 4.39 Å². The Bertz CT molecular complexity index is 478. The van der Waals surface area contributed by atoms with E-state index < -0.39 is 5.82 Å². The van der Waals surface area contributed by atoms with Crippen LogP contribution in [0, 0.1) is 11.7 Å². The van der Waals surface area contributed by atoms with E-state index >= 15 is 0 Å². The van der Waals surface area contributed by atoms with E-state index in [1.165, 1.54) is 31.0 Å². The summed E-state index contributed by atoms with van der Waals surface area (Å²) < 4.78 is 23.7. The molecular formula is C15H21FN2O3. The molecule has 1 aromatic carbocycles. The zero-order chi connectivity index (χ0) is 15.1. The second-order valence-corrected chi connectivity index (χ2v) is 5.10. The molecule has 0 heterocycles. The number of hydrogen-bond donors (Lipinski definition) is 2. The Morgan fingerprint density at radius 1 is 1.38 bits per heavy atom. The van der Waals surface area contributed by atoms with Crippen LogP contribution in [0.3, 0.4) is 0 Å². The zero-order valence-electron chi connectivity index (χ0n) is 12.2. The predicted molar refractivity (Wildman–Crippen MR) is 78.0 cm³/mol. The normalized spacial score (nSPS) is 14.0. The van der Waals surface area contributed by atoms with Crippen molar-refractivity contribution in [2.75, 3.05) is 38.7 Å². The summed E-state index contributed by atoms with van der Waals surface area (Å²) >= 11 is 0. The lowest BCUT2D eigenvalue weighted by Crippen LogP contribution is -2.29. The van der Waals surface area contributed by atoms with E-state index in [4.69, 9.17) is 9.47 Å². The molecule has 0 atom stereocenters. The van der Waals surface area contributed by atoms with E-state index in [-0.39, 0.29) is 12.5 Å². The predicted octanol–water partition coefficient (Wildman–Crippen LogP) is 1.79. The Balaban J connectivity index is 1.86. The van der Waals surface area contributed by atoms with E-state index in [0.29, 0.717) is 30.6 Å². The number of nitrogens with one attached hydrogen (secondary N) is 2. The first kappa shape index (κ1) is 15.7. The largest absolute Gasteiger partial charge is 0.489 e. The lowest BCUT2D eigenvalue weighted by Gasteiger charge is -2.13. The summed E-state index contributed by atoms with van der Waals surface area (Å²) in [5.41, 5.74) is 0.337. The quantitative estimate of drug-likeness (QED) is 0.682.